The highest BCUT2D eigenvalue weighted by Gasteiger charge is 2.10. The van der Waals surface area contributed by atoms with E-state index in [0.29, 0.717) is 5.56 Å². The Bertz CT molecular complexity index is 1060. The van der Waals surface area contributed by atoms with Gasteiger partial charge in [0.2, 0.25) is 0 Å². The topological polar surface area (TPSA) is 46.4 Å². The molecule has 4 rings (SSSR count). The minimum absolute atomic E-state index is 0.111. The molecule has 128 valence electrons. The van der Waals surface area contributed by atoms with Crippen molar-refractivity contribution in [1.29, 1.82) is 0 Å². The van der Waals surface area contributed by atoms with Gasteiger partial charge in [0.1, 0.15) is 5.65 Å². The lowest BCUT2D eigenvalue weighted by Crippen LogP contribution is -2.12. The second-order valence-electron chi connectivity index (χ2n) is 6.44. The van der Waals surface area contributed by atoms with Crippen molar-refractivity contribution in [3.8, 4) is 11.3 Å². The summed E-state index contributed by atoms with van der Waals surface area (Å²) >= 11 is 0. The Kier molecular flexibility index (Phi) is 4.01. The first kappa shape index (κ1) is 16.1. The molecule has 2 heterocycles. The Balaban J connectivity index is 1.65. The van der Waals surface area contributed by atoms with Gasteiger partial charge in [-0.25, -0.2) is 4.98 Å². The van der Waals surface area contributed by atoms with E-state index in [-0.39, 0.29) is 5.91 Å². The van der Waals surface area contributed by atoms with E-state index in [2.05, 4.69) is 10.3 Å². The van der Waals surface area contributed by atoms with Gasteiger partial charge in [0, 0.05) is 29.2 Å². The number of carbonyl (C=O) groups is 1. The molecule has 0 spiro atoms. The quantitative estimate of drug-likeness (QED) is 0.578. The van der Waals surface area contributed by atoms with Crippen LogP contribution in [0.15, 0.2) is 73.1 Å². The number of nitrogens with zero attached hydrogens (tertiary/aromatic N) is 2. The second kappa shape index (κ2) is 6.48. The molecule has 4 nitrogen and oxygen atoms in total. The third-order valence-electron chi connectivity index (χ3n) is 4.46. The standard InChI is InChI=1S/C22H19N3O/c1-15-6-9-17(10-7-15)22(26)24-19-13-18(11-8-16(19)2)20-14-25-12-4-3-5-21(25)23-20/h3-14H,1-2H3,(H,24,26). The van der Waals surface area contributed by atoms with Crippen molar-refractivity contribution in [2.24, 2.45) is 0 Å². The fourth-order valence-corrected chi connectivity index (χ4v) is 2.89. The van der Waals surface area contributed by atoms with E-state index >= 15 is 0 Å². The number of imidazole rings is 1. The molecule has 0 saturated carbocycles. The number of hydrogen-bond acceptors (Lipinski definition) is 2. The number of amides is 1. The molecule has 4 aromatic rings. The molecule has 0 saturated heterocycles. The minimum atomic E-state index is -0.111. The molecule has 0 unspecified atom stereocenters. The molecule has 4 heteroatoms. The summed E-state index contributed by atoms with van der Waals surface area (Å²) in [5.41, 5.74) is 6.33. The maximum absolute atomic E-state index is 12.5. The Morgan fingerprint density at radius 3 is 2.58 bits per heavy atom. The van der Waals surface area contributed by atoms with Gasteiger partial charge in [0.25, 0.3) is 5.91 Å². The SMILES string of the molecule is Cc1ccc(C(=O)Nc2cc(-c3cn4ccccc4n3)ccc2C)cc1. The number of anilines is 1. The highest BCUT2D eigenvalue weighted by molar-refractivity contribution is 6.05. The van der Waals surface area contributed by atoms with E-state index in [1.807, 2.05) is 91.3 Å². The zero-order valence-electron chi connectivity index (χ0n) is 14.7. The fraction of sp³-hybridized carbons (Fsp3) is 0.0909. The first-order chi connectivity index (χ1) is 12.6. The van der Waals surface area contributed by atoms with E-state index in [9.17, 15) is 4.79 Å². The van der Waals surface area contributed by atoms with Crippen LogP contribution in [0.4, 0.5) is 5.69 Å². The van der Waals surface area contributed by atoms with Crippen molar-refractivity contribution in [3.63, 3.8) is 0 Å². The molecule has 0 atom stereocenters. The summed E-state index contributed by atoms with van der Waals surface area (Å²) in [7, 11) is 0. The first-order valence-electron chi connectivity index (χ1n) is 8.53. The summed E-state index contributed by atoms with van der Waals surface area (Å²) in [6.07, 6.45) is 3.96. The Morgan fingerprint density at radius 2 is 1.81 bits per heavy atom. The summed E-state index contributed by atoms with van der Waals surface area (Å²) in [6, 6.07) is 19.5. The number of fused-ring (bicyclic) bond motifs is 1. The van der Waals surface area contributed by atoms with Gasteiger partial charge in [0.15, 0.2) is 0 Å². The Morgan fingerprint density at radius 1 is 1.00 bits per heavy atom. The monoisotopic (exact) mass is 341 g/mol. The second-order valence-corrected chi connectivity index (χ2v) is 6.44. The van der Waals surface area contributed by atoms with Crippen molar-refractivity contribution in [1.82, 2.24) is 9.38 Å². The largest absolute Gasteiger partial charge is 0.322 e. The third-order valence-corrected chi connectivity index (χ3v) is 4.46. The van der Waals surface area contributed by atoms with E-state index in [4.69, 9.17) is 0 Å². The number of aromatic nitrogens is 2. The zero-order chi connectivity index (χ0) is 18.1. The highest BCUT2D eigenvalue weighted by atomic mass is 16.1. The molecule has 0 radical (unpaired) electrons. The Labute approximate surface area is 152 Å². The zero-order valence-corrected chi connectivity index (χ0v) is 14.7. The van der Waals surface area contributed by atoms with Gasteiger partial charge in [-0.3, -0.25) is 4.79 Å². The van der Waals surface area contributed by atoms with Crippen LogP contribution in [-0.4, -0.2) is 15.3 Å². The van der Waals surface area contributed by atoms with Crippen molar-refractivity contribution in [2.45, 2.75) is 13.8 Å². The Hall–Kier alpha value is -3.40. The van der Waals surface area contributed by atoms with Crippen LogP contribution < -0.4 is 5.32 Å². The van der Waals surface area contributed by atoms with Crippen LogP contribution in [-0.2, 0) is 0 Å². The predicted molar refractivity (Wildman–Crippen MR) is 104 cm³/mol. The average molecular weight is 341 g/mol. The predicted octanol–water partition coefficient (Wildman–Crippen LogP) is 4.87. The first-order valence-corrected chi connectivity index (χ1v) is 8.53. The van der Waals surface area contributed by atoms with Crippen LogP contribution in [0.25, 0.3) is 16.9 Å². The molecule has 1 N–H and O–H groups in total. The van der Waals surface area contributed by atoms with Crippen LogP contribution in [0, 0.1) is 13.8 Å². The van der Waals surface area contributed by atoms with Gasteiger partial charge in [0.05, 0.1) is 5.69 Å². The maximum atomic E-state index is 12.5. The molecule has 2 aromatic carbocycles. The van der Waals surface area contributed by atoms with Crippen LogP contribution in [0.3, 0.4) is 0 Å². The molecular weight excluding hydrogens is 322 g/mol. The van der Waals surface area contributed by atoms with Crippen molar-refractivity contribution in [2.75, 3.05) is 5.32 Å². The number of benzene rings is 2. The molecule has 0 fully saturated rings. The van der Waals surface area contributed by atoms with E-state index in [1.165, 1.54) is 0 Å². The molecule has 1 amide bonds. The van der Waals surface area contributed by atoms with Gasteiger partial charge in [-0.1, -0.05) is 35.9 Å². The van der Waals surface area contributed by atoms with E-state index in [1.54, 1.807) is 0 Å². The van der Waals surface area contributed by atoms with E-state index < -0.39 is 0 Å². The van der Waals surface area contributed by atoms with Gasteiger partial charge in [-0.2, -0.15) is 0 Å². The third kappa shape index (κ3) is 3.09. The molecule has 0 aliphatic rings. The molecule has 2 aromatic heterocycles. The summed E-state index contributed by atoms with van der Waals surface area (Å²) in [5, 5.41) is 3.02. The normalized spacial score (nSPS) is 10.8. The van der Waals surface area contributed by atoms with Gasteiger partial charge in [-0.05, 0) is 49.7 Å². The van der Waals surface area contributed by atoms with Gasteiger partial charge < -0.3 is 9.72 Å². The summed E-state index contributed by atoms with van der Waals surface area (Å²) in [6.45, 7) is 3.99. The lowest BCUT2D eigenvalue weighted by Gasteiger charge is -2.10. The number of pyridine rings is 1. The minimum Gasteiger partial charge on any atom is -0.322 e. The van der Waals surface area contributed by atoms with Crippen LogP contribution >= 0.6 is 0 Å². The number of rotatable bonds is 3. The van der Waals surface area contributed by atoms with Crippen LogP contribution in [0.1, 0.15) is 21.5 Å². The number of nitrogens with one attached hydrogen (secondary N) is 1. The van der Waals surface area contributed by atoms with Gasteiger partial charge in [-0.15, -0.1) is 0 Å². The van der Waals surface area contributed by atoms with Crippen LogP contribution in [0.5, 0.6) is 0 Å². The van der Waals surface area contributed by atoms with Crippen molar-refractivity contribution < 1.29 is 4.79 Å². The molecular formula is C22H19N3O. The molecule has 0 aliphatic carbocycles. The highest BCUT2D eigenvalue weighted by Crippen LogP contribution is 2.25. The summed E-state index contributed by atoms with van der Waals surface area (Å²) in [4.78, 5) is 17.2. The van der Waals surface area contributed by atoms with E-state index in [0.717, 1.165) is 33.7 Å². The fourth-order valence-electron chi connectivity index (χ4n) is 2.89. The molecule has 0 bridgehead atoms. The average Bonchev–Trinajstić information content (AvgIpc) is 3.08. The molecule has 0 aliphatic heterocycles. The van der Waals surface area contributed by atoms with Crippen molar-refractivity contribution >= 4 is 17.2 Å². The molecule has 26 heavy (non-hydrogen) atoms. The number of hydrogen-bond donors (Lipinski definition) is 1. The smallest absolute Gasteiger partial charge is 0.255 e. The van der Waals surface area contributed by atoms with Crippen molar-refractivity contribution in [3.05, 3.63) is 89.7 Å². The number of aryl methyl sites for hydroxylation is 2. The number of carbonyl (C=O) groups excluding carboxylic acids is 1. The summed E-state index contributed by atoms with van der Waals surface area (Å²) in [5.74, 6) is -0.111. The maximum Gasteiger partial charge on any atom is 0.255 e. The lowest BCUT2D eigenvalue weighted by atomic mass is 10.1. The summed E-state index contributed by atoms with van der Waals surface area (Å²) < 4.78 is 1.99. The van der Waals surface area contributed by atoms with Gasteiger partial charge >= 0.3 is 0 Å². The van der Waals surface area contributed by atoms with Crippen LogP contribution in [0.2, 0.25) is 0 Å². The lowest BCUT2D eigenvalue weighted by molar-refractivity contribution is 0.102.